The van der Waals surface area contributed by atoms with Crippen LogP contribution >= 0.6 is 0 Å². The van der Waals surface area contributed by atoms with E-state index in [0.717, 1.165) is 5.56 Å². The van der Waals surface area contributed by atoms with Gasteiger partial charge >= 0.3 is 0 Å². The Bertz CT molecular complexity index is 448. The van der Waals surface area contributed by atoms with Crippen LogP contribution in [0.4, 0.5) is 0 Å². The van der Waals surface area contributed by atoms with E-state index in [9.17, 15) is 14.4 Å². The van der Waals surface area contributed by atoms with E-state index in [1.165, 1.54) is 0 Å². The van der Waals surface area contributed by atoms with Crippen molar-refractivity contribution in [3.8, 4) is 0 Å². The number of hydrogen-bond acceptors (Lipinski definition) is 4. The number of carbonyl (C=O) groups is 3. The predicted octanol–water partition coefficient (Wildman–Crippen LogP) is -0.884. The topological polar surface area (TPSA) is 115 Å². The van der Waals surface area contributed by atoms with Crippen molar-refractivity contribution in [2.24, 2.45) is 11.5 Å². The summed E-state index contributed by atoms with van der Waals surface area (Å²) in [6.07, 6.45) is 0.768. The van der Waals surface area contributed by atoms with Gasteiger partial charge in [0.1, 0.15) is 6.29 Å². The molecular formula is C13H17N3O3. The summed E-state index contributed by atoms with van der Waals surface area (Å²) < 4.78 is 0. The van der Waals surface area contributed by atoms with Crippen LogP contribution < -0.4 is 16.8 Å². The molecule has 19 heavy (non-hydrogen) atoms. The molecule has 0 bridgehead atoms. The monoisotopic (exact) mass is 263 g/mol. The lowest BCUT2D eigenvalue weighted by Crippen LogP contribution is -2.48. The number of nitrogens with two attached hydrogens (primary N) is 2. The molecule has 0 spiro atoms. The van der Waals surface area contributed by atoms with Crippen molar-refractivity contribution in [1.29, 1.82) is 0 Å². The van der Waals surface area contributed by atoms with Crippen LogP contribution in [-0.4, -0.2) is 30.2 Å². The molecule has 0 radical (unpaired) electrons. The van der Waals surface area contributed by atoms with Gasteiger partial charge in [-0.05, 0) is 12.0 Å². The van der Waals surface area contributed by atoms with Crippen molar-refractivity contribution in [1.82, 2.24) is 5.32 Å². The quantitative estimate of drug-likeness (QED) is 0.554. The first-order valence-corrected chi connectivity index (χ1v) is 5.86. The number of nitrogens with one attached hydrogen (secondary N) is 1. The fraction of sp³-hybridized carbons (Fsp3) is 0.308. The zero-order valence-electron chi connectivity index (χ0n) is 10.4. The highest BCUT2D eigenvalue weighted by Gasteiger charge is 2.19. The Hall–Kier alpha value is -2.21. The third-order valence-corrected chi connectivity index (χ3v) is 2.55. The van der Waals surface area contributed by atoms with E-state index >= 15 is 0 Å². The summed E-state index contributed by atoms with van der Waals surface area (Å²) in [5.74, 6) is -1.22. The average molecular weight is 263 g/mol. The second-order valence-corrected chi connectivity index (χ2v) is 4.22. The fourth-order valence-electron chi connectivity index (χ4n) is 1.60. The fourth-order valence-corrected chi connectivity index (χ4v) is 1.60. The Morgan fingerprint density at radius 2 is 1.89 bits per heavy atom. The van der Waals surface area contributed by atoms with Gasteiger partial charge in [-0.3, -0.25) is 9.59 Å². The minimum absolute atomic E-state index is 0.247. The van der Waals surface area contributed by atoms with Gasteiger partial charge in [0.25, 0.3) is 0 Å². The third-order valence-electron chi connectivity index (χ3n) is 2.55. The number of primary amides is 1. The van der Waals surface area contributed by atoms with Gasteiger partial charge in [-0.15, -0.1) is 0 Å². The maximum atomic E-state index is 11.6. The number of hydrogen-bond donors (Lipinski definition) is 3. The Balaban J connectivity index is 2.55. The smallest absolute Gasteiger partial charge is 0.238 e. The molecule has 1 aromatic carbocycles. The lowest BCUT2D eigenvalue weighted by molar-refractivity contribution is -0.127. The molecule has 0 saturated heterocycles. The molecule has 1 rings (SSSR count). The van der Waals surface area contributed by atoms with Crippen molar-refractivity contribution < 1.29 is 14.4 Å². The number of amides is 2. The molecule has 102 valence electrons. The molecule has 1 unspecified atom stereocenters. The van der Waals surface area contributed by atoms with Gasteiger partial charge in [0, 0.05) is 0 Å². The Labute approximate surface area is 111 Å². The minimum atomic E-state index is -1.03. The van der Waals surface area contributed by atoms with E-state index in [1.54, 1.807) is 0 Å². The summed E-state index contributed by atoms with van der Waals surface area (Å²) in [5.41, 5.74) is 11.4. The molecule has 0 saturated carbocycles. The second kappa shape index (κ2) is 7.27. The molecule has 0 heterocycles. The van der Waals surface area contributed by atoms with Crippen molar-refractivity contribution in [3.63, 3.8) is 0 Å². The zero-order valence-corrected chi connectivity index (χ0v) is 10.4. The van der Waals surface area contributed by atoms with Crippen molar-refractivity contribution in [2.75, 3.05) is 0 Å². The van der Waals surface area contributed by atoms with Crippen molar-refractivity contribution >= 4 is 18.1 Å². The summed E-state index contributed by atoms with van der Waals surface area (Å²) in [5, 5.41) is 2.48. The predicted molar refractivity (Wildman–Crippen MR) is 69.9 cm³/mol. The molecule has 1 aromatic rings. The largest absolute Gasteiger partial charge is 0.370 e. The van der Waals surface area contributed by atoms with Crippen LogP contribution in [0.2, 0.25) is 0 Å². The maximum Gasteiger partial charge on any atom is 0.238 e. The standard InChI is InChI=1S/C13H17N3O3/c14-11(7-12(15)18)13(19)16-10(8-17)6-9-4-2-1-3-5-9/h1-5,8,10-11H,6-7,14H2,(H2,15,18)(H,16,19)/t10-,11?/m0/s1. The van der Waals surface area contributed by atoms with E-state index < -0.39 is 23.9 Å². The molecule has 0 aliphatic carbocycles. The van der Waals surface area contributed by atoms with Crippen LogP contribution in [0.5, 0.6) is 0 Å². The summed E-state index contributed by atoms with van der Waals surface area (Å²) in [4.78, 5) is 33.2. The van der Waals surface area contributed by atoms with E-state index in [4.69, 9.17) is 11.5 Å². The highest BCUT2D eigenvalue weighted by atomic mass is 16.2. The first kappa shape index (κ1) is 14.8. The van der Waals surface area contributed by atoms with E-state index in [2.05, 4.69) is 5.32 Å². The Morgan fingerprint density at radius 3 is 2.42 bits per heavy atom. The molecule has 5 N–H and O–H groups in total. The first-order valence-electron chi connectivity index (χ1n) is 5.86. The summed E-state index contributed by atoms with van der Waals surface area (Å²) in [6, 6.07) is 7.55. The summed E-state index contributed by atoms with van der Waals surface area (Å²) >= 11 is 0. The van der Waals surface area contributed by atoms with E-state index in [0.29, 0.717) is 12.7 Å². The van der Waals surface area contributed by atoms with Crippen molar-refractivity contribution in [3.05, 3.63) is 35.9 Å². The van der Waals surface area contributed by atoms with Gasteiger partial charge in [0.2, 0.25) is 11.8 Å². The van der Waals surface area contributed by atoms with Gasteiger partial charge in [-0.25, -0.2) is 0 Å². The van der Waals surface area contributed by atoms with E-state index in [-0.39, 0.29) is 6.42 Å². The number of carbonyl (C=O) groups excluding carboxylic acids is 3. The maximum absolute atomic E-state index is 11.6. The lowest BCUT2D eigenvalue weighted by atomic mass is 10.1. The normalized spacial score (nSPS) is 13.3. The van der Waals surface area contributed by atoms with Crippen LogP contribution in [0, 0.1) is 0 Å². The summed E-state index contributed by atoms with van der Waals surface area (Å²) in [6.45, 7) is 0. The first-order chi connectivity index (χ1) is 9.02. The number of rotatable bonds is 7. The summed E-state index contributed by atoms with van der Waals surface area (Å²) in [7, 11) is 0. The van der Waals surface area contributed by atoms with Crippen LogP contribution in [0.15, 0.2) is 30.3 Å². The molecule has 2 atom stereocenters. The molecule has 6 heteroatoms. The molecule has 2 amide bonds. The SMILES string of the molecule is NC(=O)CC(N)C(=O)N[C@H](C=O)Cc1ccccc1. The number of aldehydes is 1. The lowest BCUT2D eigenvalue weighted by Gasteiger charge is -2.16. The van der Waals surface area contributed by atoms with E-state index in [1.807, 2.05) is 30.3 Å². The van der Waals surface area contributed by atoms with Crippen LogP contribution in [0.1, 0.15) is 12.0 Å². The highest BCUT2D eigenvalue weighted by Crippen LogP contribution is 2.02. The van der Waals surface area contributed by atoms with Gasteiger partial charge < -0.3 is 21.6 Å². The Morgan fingerprint density at radius 1 is 1.26 bits per heavy atom. The highest BCUT2D eigenvalue weighted by molar-refractivity contribution is 5.89. The van der Waals surface area contributed by atoms with Crippen LogP contribution in [0.3, 0.4) is 0 Å². The minimum Gasteiger partial charge on any atom is -0.370 e. The van der Waals surface area contributed by atoms with Crippen LogP contribution in [-0.2, 0) is 20.8 Å². The van der Waals surface area contributed by atoms with Gasteiger partial charge in [-0.2, -0.15) is 0 Å². The molecule has 0 aliphatic rings. The van der Waals surface area contributed by atoms with Crippen LogP contribution in [0.25, 0.3) is 0 Å². The Kier molecular flexibility index (Phi) is 5.69. The molecule has 0 fully saturated rings. The van der Waals surface area contributed by atoms with Gasteiger partial charge in [0.15, 0.2) is 0 Å². The average Bonchev–Trinajstić information content (AvgIpc) is 2.38. The molecule has 0 aromatic heterocycles. The van der Waals surface area contributed by atoms with Gasteiger partial charge in [0.05, 0.1) is 18.5 Å². The number of benzene rings is 1. The zero-order chi connectivity index (χ0) is 14.3. The molecular weight excluding hydrogens is 246 g/mol. The second-order valence-electron chi connectivity index (χ2n) is 4.22. The third kappa shape index (κ3) is 5.31. The molecule has 6 nitrogen and oxygen atoms in total. The molecule has 0 aliphatic heterocycles. The van der Waals surface area contributed by atoms with Gasteiger partial charge in [-0.1, -0.05) is 30.3 Å². The van der Waals surface area contributed by atoms with Crippen molar-refractivity contribution in [2.45, 2.75) is 24.9 Å².